The number of hydrogen-bond acceptors (Lipinski definition) is 6. The Balaban J connectivity index is 1.95. The number of amides is 1. The van der Waals surface area contributed by atoms with Gasteiger partial charge in [-0.25, -0.2) is 9.18 Å². The first-order valence-electron chi connectivity index (χ1n) is 12.2. The van der Waals surface area contributed by atoms with Gasteiger partial charge in [0.2, 0.25) is 0 Å². The van der Waals surface area contributed by atoms with Gasteiger partial charge in [0, 0.05) is 48.1 Å². The van der Waals surface area contributed by atoms with Crippen LogP contribution in [0.5, 0.6) is 5.75 Å². The maximum atomic E-state index is 14.0. The van der Waals surface area contributed by atoms with E-state index in [4.69, 9.17) is 15.2 Å². The Labute approximate surface area is 231 Å². The Bertz CT molecular complexity index is 1310. The molecule has 3 N–H and O–H groups in total. The Morgan fingerprint density at radius 3 is 2.29 bits per heavy atom. The van der Waals surface area contributed by atoms with Gasteiger partial charge in [-0.3, -0.25) is 9.89 Å². The van der Waals surface area contributed by atoms with Crippen LogP contribution in [-0.4, -0.2) is 49.8 Å². The minimum atomic E-state index is -5.37. The fraction of sp³-hybridized carbons (Fsp3) is 0.407. The quantitative estimate of drug-likeness (QED) is 0.222. The number of carbonyl (C=O) groups is 1. The molecule has 2 unspecified atom stereocenters. The molecule has 0 heterocycles. The molecule has 224 valence electrons. The highest BCUT2D eigenvalue weighted by Gasteiger charge is 2.48. The summed E-state index contributed by atoms with van der Waals surface area (Å²) in [6, 6.07) is 4.49. The number of nitrogens with zero attached hydrogens (tertiary/aromatic N) is 2. The summed E-state index contributed by atoms with van der Waals surface area (Å²) in [6.45, 7) is 3.64. The number of nitrogens with two attached hydrogens (primary N) is 1. The second-order valence-corrected chi connectivity index (χ2v) is 9.89. The summed E-state index contributed by atoms with van der Waals surface area (Å²) in [4.78, 5) is 17.5. The first kappa shape index (κ1) is 31.9. The summed E-state index contributed by atoms with van der Waals surface area (Å²) in [5.41, 5.74) is 0.422. The van der Waals surface area contributed by atoms with E-state index in [0.29, 0.717) is 12.5 Å². The van der Waals surface area contributed by atoms with Crippen LogP contribution in [0.4, 0.5) is 41.2 Å². The number of aliphatic hydroxyl groups excluding tert-OH is 1. The number of ether oxygens (including phenoxy) is 2. The summed E-state index contributed by atoms with van der Waals surface area (Å²) >= 11 is 0. The van der Waals surface area contributed by atoms with Gasteiger partial charge < -0.3 is 20.3 Å². The van der Waals surface area contributed by atoms with Crippen LogP contribution < -0.4 is 15.4 Å². The van der Waals surface area contributed by atoms with Gasteiger partial charge in [0.25, 0.3) is 0 Å². The molecule has 1 fully saturated rings. The molecule has 3 rings (SSSR count). The van der Waals surface area contributed by atoms with Gasteiger partial charge in [-0.05, 0) is 36.4 Å². The van der Waals surface area contributed by atoms with E-state index >= 15 is 0 Å². The van der Waals surface area contributed by atoms with Crippen LogP contribution in [0.15, 0.2) is 47.6 Å². The average molecular weight is 592 g/mol. The minimum absolute atomic E-state index is 0.0342. The largest absolute Gasteiger partial charge is 0.420 e. The standard InChI is InChI=1S/C27H28F7N3O4/c1-25(2)21(38)12-22(25)40-9-8-36-14-15(13-35)19-10-16(26(29,30)31)11-20(27(32,33)34)23(19)41-24(39)37(3)18-6-4-17(28)5-7-18/h4-7,10-11,13-14,21-22,38H,8-9,12,35H2,1-3H3/b15-13+,36-14?. The van der Waals surface area contributed by atoms with Crippen molar-refractivity contribution < 1.29 is 50.1 Å². The van der Waals surface area contributed by atoms with Crippen molar-refractivity contribution >= 4 is 23.6 Å². The van der Waals surface area contributed by atoms with Gasteiger partial charge in [0.05, 0.1) is 36.5 Å². The molecule has 0 spiro atoms. The number of alkyl halides is 6. The van der Waals surface area contributed by atoms with Crippen LogP contribution in [0.1, 0.15) is 37.0 Å². The smallest absolute Gasteiger partial charge is 0.409 e. The van der Waals surface area contributed by atoms with Crippen molar-refractivity contribution in [2.75, 3.05) is 25.1 Å². The van der Waals surface area contributed by atoms with Crippen molar-refractivity contribution in [1.82, 2.24) is 0 Å². The van der Waals surface area contributed by atoms with Crippen LogP contribution in [0.2, 0.25) is 0 Å². The van der Waals surface area contributed by atoms with Gasteiger partial charge in [-0.1, -0.05) is 13.8 Å². The van der Waals surface area contributed by atoms with Gasteiger partial charge in [0.15, 0.2) is 5.75 Å². The van der Waals surface area contributed by atoms with Crippen LogP contribution in [-0.2, 0) is 17.1 Å². The summed E-state index contributed by atoms with van der Waals surface area (Å²) in [5, 5.41) is 9.79. The van der Waals surface area contributed by atoms with Gasteiger partial charge in [-0.15, -0.1) is 0 Å². The van der Waals surface area contributed by atoms with E-state index in [9.17, 15) is 40.6 Å². The van der Waals surface area contributed by atoms with Crippen LogP contribution in [0, 0.1) is 11.2 Å². The molecule has 0 radical (unpaired) electrons. The molecule has 1 amide bonds. The number of aliphatic hydroxyl groups is 1. The molecule has 0 aromatic heterocycles. The molecule has 2 aromatic rings. The van der Waals surface area contributed by atoms with E-state index in [1.54, 1.807) is 0 Å². The zero-order chi connectivity index (χ0) is 30.8. The van der Waals surface area contributed by atoms with Crippen molar-refractivity contribution in [2.24, 2.45) is 16.1 Å². The lowest BCUT2D eigenvalue weighted by Gasteiger charge is -2.48. The SMILES string of the molecule is CN(C(=O)Oc1c(/C(C=NCCOC2CC(O)C2(C)C)=C/N)cc(C(F)(F)F)cc1C(F)(F)F)c1ccc(F)cc1. The third-order valence-corrected chi connectivity index (χ3v) is 6.79. The number of halogens is 7. The molecule has 2 atom stereocenters. The summed E-state index contributed by atoms with van der Waals surface area (Å²) in [7, 11) is 1.12. The second-order valence-electron chi connectivity index (χ2n) is 9.89. The molecule has 14 heteroatoms. The van der Waals surface area contributed by atoms with E-state index in [2.05, 4.69) is 4.99 Å². The Hall–Kier alpha value is -3.65. The highest BCUT2D eigenvalue weighted by Crippen LogP contribution is 2.45. The summed E-state index contributed by atoms with van der Waals surface area (Å²) < 4.78 is 107. The normalized spacial score (nSPS) is 19.2. The van der Waals surface area contributed by atoms with Crippen molar-refractivity contribution in [3.05, 3.63) is 65.1 Å². The number of benzene rings is 2. The van der Waals surface area contributed by atoms with Crippen LogP contribution in [0.3, 0.4) is 0 Å². The maximum Gasteiger partial charge on any atom is 0.420 e. The van der Waals surface area contributed by atoms with E-state index in [1.807, 2.05) is 13.8 Å². The number of rotatable bonds is 8. The first-order valence-corrected chi connectivity index (χ1v) is 12.2. The topological polar surface area (TPSA) is 97.4 Å². The third-order valence-electron chi connectivity index (χ3n) is 6.79. The van der Waals surface area contributed by atoms with Crippen molar-refractivity contribution in [3.8, 4) is 5.75 Å². The van der Waals surface area contributed by atoms with Crippen LogP contribution in [0.25, 0.3) is 5.57 Å². The van der Waals surface area contributed by atoms with Crippen LogP contribution >= 0.6 is 0 Å². The summed E-state index contributed by atoms with van der Waals surface area (Å²) in [5.74, 6) is -1.87. The zero-order valence-electron chi connectivity index (χ0n) is 22.2. The highest BCUT2D eigenvalue weighted by atomic mass is 19.4. The Kier molecular flexibility index (Phi) is 9.38. The molecule has 0 bridgehead atoms. The summed E-state index contributed by atoms with van der Waals surface area (Å²) in [6.07, 6.45) is -10.6. The lowest BCUT2D eigenvalue weighted by atomic mass is 9.66. The van der Waals surface area contributed by atoms with E-state index in [1.165, 1.54) is 0 Å². The maximum absolute atomic E-state index is 14.0. The molecule has 2 aromatic carbocycles. The highest BCUT2D eigenvalue weighted by molar-refractivity contribution is 6.11. The molecule has 41 heavy (non-hydrogen) atoms. The lowest BCUT2D eigenvalue weighted by molar-refractivity contribution is -0.173. The number of aliphatic imine (C=N–C) groups is 1. The Morgan fingerprint density at radius 2 is 1.78 bits per heavy atom. The predicted octanol–water partition coefficient (Wildman–Crippen LogP) is 6.04. The molecule has 7 nitrogen and oxygen atoms in total. The van der Waals surface area contributed by atoms with E-state index < -0.39 is 63.8 Å². The van der Waals surface area contributed by atoms with E-state index in [0.717, 1.165) is 48.6 Å². The third kappa shape index (κ3) is 7.36. The molecule has 1 aliphatic rings. The van der Waals surface area contributed by atoms with Crippen molar-refractivity contribution in [1.29, 1.82) is 0 Å². The molecule has 0 aliphatic heterocycles. The number of allylic oxidation sites excluding steroid dienone is 1. The fourth-order valence-electron chi connectivity index (χ4n) is 4.01. The van der Waals surface area contributed by atoms with Gasteiger partial charge in [0.1, 0.15) is 5.82 Å². The Morgan fingerprint density at radius 1 is 1.15 bits per heavy atom. The second kappa shape index (κ2) is 12.1. The zero-order valence-corrected chi connectivity index (χ0v) is 22.2. The van der Waals surface area contributed by atoms with Crippen molar-refractivity contribution in [3.63, 3.8) is 0 Å². The minimum Gasteiger partial charge on any atom is -0.409 e. The predicted molar refractivity (Wildman–Crippen MR) is 137 cm³/mol. The number of carbonyl (C=O) groups excluding carboxylic acids is 1. The van der Waals surface area contributed by atoms with E-state index in [-0.39, 0.29) is 31.0 Å². The molecule has 0 saturated heterocycles. The monoisotopic (exact) mass is 591 g/mol. The van der Waals surface area contributed by atoms with Gasteiger partial charge >= 0.3 is 18.4 Å². The molecular formula is C27H28F7N3O4. The van der Waals surface area contributed by atoms with Gasteiger partial charge in [-0.2, -0.15) is 26.3 Å². The molecular weight excluding hydrogens is 563 g/mol. The first-order chi connectivity index (χ1) is 19.0. The average Bonchev–Trinajstić information content (AvgIpc) is 2.89. The molecule has 1 aliphatic carbocycles. The fourth-order valence-corrected chi connectivity index (χ4v) is 4.01. The van der Waals surface area contributed by atoms with Crippen molar-refractivity contribution in [2.45, 2.75) is 44.8 Å². The number of anilines is 1. The molecule has 1 saturated carbocycles. The number of hydrogen-bond donors (Lipinski definition) is 2. The lowest BCUT2D eigenvalue weighted by Crippen LogP contribution is -2.54.